The summed E-state index contributed by atoms with van der Waals surface area (Å²) in [7, 11) is 0. The Kier molecular flexibility index (Phi) is 6.26. The number of hydrogen-bond donors (Lipinski definition) is 1. The number of amides is 2. The molecular formula is C18H29N5O3. The molecule has 8 nitrogen and oxygen atoms in total. The van der Waals surface area contributed by atoms with Gasteiger partial charge in [-0.05, 0) is 39.7 Å². The molecule has 2 amide bonds. The topological polar surface area (TPSA) is 79.8 Å². The Morgan fingerprint density at radius 2 is 2.04 bits per heavy atom. The van der Waals surface area contributed by atoms with E-state index in [4.69, 9.17) is 9.47 Å². The second-order valence-electron chi connectivity index (χ2n) is 7.23. The molecule has 1 N–H and O–H groups in total. The highest BCUT2D eigenvalue weighted by atomic mass is 16.5. The molecule has 1 aromatic rings. The first-order valence-corrected chi connectivity index (χ1v) is 9.42. The molecule has 2 saturated heterocycles. The van der Waals surface area contributed by atoms with Crippen molar-refractivity contribution in [3.63, 3.8) is 0 Å². The van der Waals surface area contributed by atoms with E-state index >= 15 is 0 Å². The molecule has 0 unspecified atom stereocenters. The number of hydrogen-bond acceptors (Lipinski definition) is 6. The van der Waals surface area contributed by atoms with Crippen LogP contribution in [0.3, 0.4) is 0 Å². The van der Waals surface area contributed by atoms with Gasteiger partial charge >= 0.3 is 6.03 Å². The Hall–Kier alpha value is -1.93. The number of carbonyl (C=O) groups excluding carboxylic acids is 1. The van der Waals surface area contributed by atoms with Gasteiger partial charge in [0.05, 0.1) is 6.10 Å². The van der Waals surface area contributed by atoms with E-state index in [1.54, 1.807) is 12.1 Å². The van der Waals surface area contributed by atoms with Crippen LogP contribution in [-0.2, 0) is 4.74 Å². The number of nitrogens with zero attached hydrogens (tertiary/aromatic N) is 4. The SMILES string of the molecule is CC(C)Oc1ccc(NC(=O)N2CCN(C3CCOCC3)C[C@H]2C)nn1. The first-order chi connectivity index (χ1) is 12.5. The van der Waals surface area contributed by atoms with E-state index in [1.165, 1.54) is 0 Å². The third-order valence-corrected chi connectivity index (χ3v) is 4.86. The molecule has 3 heterocycles. The van der Waals surface area contributed by atoms with Crippen LogP contribution in [0.25, 0.3) is 0 Å². The van der Waals surface area contributed by atoms with Gasteiger partial charge in [-0.2, -0.15) is 0 Å². The van der Waals surface area contributed by atoms with Gasteiger partial charge in [-0.25, -0.2) is 4.79 Å². The van der Waals surface area contributed by atoms with Gasteiger partial charge in [0.1, 0.15) is 0 Å². The van der Waals surface area contributed by atoms with Crippen LogP contribution in [0.5, 0.6) is 5.88 Å². The quantitative estimate of drug-likeness (QED) is 0.881. The summed E-state index contributed by atoms with van der Waals surface area (Å²) >= 11 is 0. The maximum atomic E-state index is 12.6. The van der Waals surface area contributed by atoms with Crippen molar-refractivity contribution in [3.05, 3.63) is 12.1 Å². The minimum atomic E-state index is -0.129. The molecule has 0 aromatic carbocycles. The molecule has 0 radical (unpaired) electrons. The van der Waals surface area contributed by atoms with Gasteiger partial charge in [-0.3, -0.25) is 10.2 Å². The van der Waals surface area contributed by atoms with Crippen molar-refractivity contribution in [1.82, 2.24) is 20.0 Å². The van der Waals surface area contributed by atoms with Crippen molar-refractivity contribution >= 4 is 11.8 Å². The van der Waals surface area contributed by atoms with E-state index in [2.05, 4.69) is 27.3 Å². The summed E-state index contributed by atoms with van der Waals surface area (Å²) in [5, 5.41) is 10.8. The van der Waals surface area contributed by atoms with Crippen LogP contribution in [0, 0.1) is 0 Å². The number of carbonyl (C=O) groups is 1. The standard InChI is InChI=1S/C18H29N5O3/c1-13(2)26-17-5-4-16(20-21-17)19-18(24)23-9-8-22(12-14(23)3)15-6-10-25-11-7-15/h4-5,13-15H,6-12H2,1-3H3,(H,19,20,24)/t14-/m1/s1. The molecule has 2 fully saturated rings. The highest BCUT2D eigenvalue weighted by Crippen LogP contribution is 2.20. The predicted octanol–water partition coefficient (Wildman–Crippen LogP) is 1.98. The molecule has 0 bridgehead atoms. The zero-order valence-electron chi connectivity index (χ0n) is 15.9. The van der Waals surface area contributed by atoms with E-state index < -0.39 is 0 Å². The number of ether oxygens (including phenoxy) is 2. The van der Waals surface area contributed by atoms with E-state index in [-0.39, 0.29) is 18.2 Å². The molecule has 26 heavy (non-hydrogen) atoms. The summed E-state index contributed by atoms with van der Waals surface area (Å²) in [6.07, 6.45) is 2.20. The summed E-state index contributed by atoms with van der Waals surface area (Å²) in [5.41, 5.74) is 0. The van der Waals surface area contributed by atoms with Gasteiger partial charge < -0.3 is 14.4 Å². The second kappa shape index (κ2) is 8.64. The molecule has 1 atom stereocenters. The average Bonchev–Trinajstić information content (AvgIpc) is 2.63. The number of urea groups is 1. The second-order valence-corrected chi connectivity index (χ2v) is 7.23. The van der Waals surface area contributed by atoms with Crippen molar-refractivity contribution in [2.45, 2.75) is 51.8 Å². The Balaban J connectivity index is 1.52. The monoisotopic (exact) mass is 363 g/mol. The molecule has 3 rings (SSSR count). The van der Waals surface area contributed by atoms with Crippen molar-refractivity contribution < 1.29 is 14.3 Å². The highest BCUT2D eigenvalue weighted by molar-refractivity contribution is 5.88. The van der Waals surface area contributed by atoms with Crippen LogP contribution in [0.1, 0.15) is 33.6 Å². The Bertz CT molecular complexity index is 589. The largest absolute Gasteiger partial charge is 0.474 e. The molecule has 2 aliphatic heterocycles. The first kappa shape index (κ1) is 18.8. The Labute approximate surface area is 154 Å². The van der Waals surface area contributed by atoms with Crippen LogP contribution >= 0.6 is 0 Å². The van der Waals surface area contributed by atoms with Gasteiger partial charge in [-0.1, -0.05) is 0 Å². The van der Waals surface area contributed by atoms with Crippen LogP contribution in [0.2, 0.25) is 0 Å². The molecular weight excluding hydrogens is 334 g/mol. The summed E-state index contributed by atoms with van der Waals surface area (Å²) in [4.78, 5) is 17.0. The lowest BCUT2D eigenvalue weighted by molar-refractivity contribution is 0.00815. The van der Waals surface area contributed by atoms with Gasteiger partial charge in [0.2, 0.25) is 5.88 Å². The molecule has 0 spiro atoms. The van der Waals surface area contributed by atoms with E-state index in [1.807, 2.05) is 18.7 Å². The molecule has 0 saturated carbocycles. The Morgan fingerprint density at radius 1 is 1.27 bits per heavy atom. The molecule has 0 aliphatic carbocycles. The number of nitrogens with one attached hydrogen (secondary N) is 1. The van der Waals surface area contributed by atoms with Crippen molar-refractivity contribution in [2.75, 3.05) is 38.2 Å². The fourth-order valence-electron chi connectivity index (χ4n) is 3.54. The number of aromatic nitrogens is 2. The number of anilines is 1. The maximum Gasteiger partial charge on any atom is 0.323 e. The summed E-state index contributed by atoms with van der Waals surface area (Å²) < 4.78 is 10.9. The summed E-state index contributed by atoms with van der Waals surface area (Å²) in [5.74, 6) is 0.890. The fourth-order valence-corrected chi connectivity index (χ4v) is 3.54. The van der Waals surface area contributed by atoms with Crippen molar-refractivity contribution in [3.8, 4) is 5.88 Å². The van der Waals surface area contributed by atoms with E-state index in [0.29, 0.717) is 24.3 Å². The average molecular weight is 363 g/mol. The third-order valence-electron chi connectivity index (χ3n) is 4.86. The lowest BCUT2D eigenvalue weighted by atomic mass is 10.0. The van der Waals surface area contributed by atoms with Crippen LogP contribution in [-0.4, -0.2) is 77.1 Å². The minimum absolute atomic E-state index is 0.0395. The molecule has 144 valence electrons. The zero-order chi connectivity index (χ0) is 18.5. The summed E-state index contributed by atoms with van der Waals surface area (Å²) in [6, 6.07) is 4.04. The van der Waals surface area contributed by atoms with E-state index in [9.17, 15) is 4.79 Å². The van der Waals surface area contributed by atoms with Gasteiger partial charge in [0.25, 0.3) is 0 Å². The van der Waals surface area contributed by atoms with Gasteiger partial charge in [0, 0.05) is 51.0 Å². The highest BCUT2D eigenvalue weighted by Gasteiger charge is 2.31. The van der Waals surface area contributed by atoms with Crippen LogP contribution in [0.4, 0.5) is 10.6 Å². The van der Waals surface area contributed by atoms with Crippen LogP contribution < -0.4 is 10.1 Å². The third kappa shape index (κ3) is 4.82. The number of piperazine rings is 1. The predicted molar refractivity (Wildman–Crippen MR) is 98.4 cm³/mol. The molecule has 1 aromatic heterocycles. The number of rotatable bonds is 4. The van der Waals surface area contributed by atoms with Crippen LogP contribution in [0.15, 0.2) is 12.1 Å². The van der Waals surface area contributed by atoms with E-state index in [0.717, 1.165) is 39.1 Å². The van der Waals surface area contributed by atoms with Gasteiger partial charge in [0.15, 0.2) is 5.82 Å². The lowest BCUT2D eigenvalue weighted by Gasteiger charge is -2.44. The molecule has 2 aliphatic rings. The fraction of sp³-hybridized carbons (Fsp3) is 0.722. The first-order valence-electron chi connectivity index (χ1n) is 9.42. The van der Waals surface area contributed by atoms with Crippen molar-refractivity contribution in [1.29, 1.82) is 0 Å². The van der Waals surface area contributed by atoms with Crippen molar-refractivity contribution in [2.24, 2.45) is 0 Å². The van der Waals surface area contributed by atoms with Gasteiger partial charge in [-0.15, -0.1) is 10.2 Å². The normalized spacial score (nSPS) is 22.5. The Morgan fingerprint density at radius 3 is 2.65 bits per heavy atom. The summed E-state index contributed by atoms with van der Waals surface area (Å²) in [6.45, 7) is 10.1. The lowest BCUT2D eigenvalue weighted by Crippen LogP contribution is -2.58. The zero-order valence-corrected chi connectivity index (χ0v) is 15.9. The maximum absolute atomic E-state index is 12.6. The minimum Gasteiger partial charge on any atom is -0.474 e. The molecule has 8 heteroatoms. The smallest absolute Gasteiger partial charge is 0.323 e.